The van der Waals surface area contributed by atoms with E-state index in [1.54, 1.807) is 0 Å². The minimum atomic E-state index is 0.683. The molecule has 0 saturated heterocycles. The molecule has 0 amide bonds. The second-order valence-electron chi connectivity index (χ2n) is 4.58. The summed E-state index contributed by atoms with van der Waals surface area (Å²) in [7, 11) is 1.86. The van der Waals surface area contributed by atoms with Crippen LogP contribution in [0.15, 0.2) is 36.4 Å². The Morgan fingerprint density at radius 3 is 1.59 bits per heavy atom. The van der Waals surface area contributed by atoms with E-state index < -0.39 is 0 Å². The van der Waals surface area contributed by atoms with Gasteiger partial charge in [0.15, 0.2) is 0 Å². The van der Waals surface area contributed by atoms with Crippen LogP contribution >= 0.6 is 0 Å². The molecule has 120 valence electrons. The van der Waals surface area contributed by atoms with E-state index in [1.807, 2.05) is 57.3 Å². The third-order valence-electron chi connectivity index (χ3n) is 2.84. The smallest absolute Gasteiger partial charge is 0.0716 e. The van der Waals surface area contributed by atoms with E-state index in [1.165, 1.54) is 5.56 Å². The number of nitrogens with one attached hydrogen (secondary N) is 3. The number of nitrogens with two attached hydrogens (primary N) is 3. The molecule has 0 spiro atoms. The lowest BCUT2D eigenvalue weighted by molar-refractivity contribution is 1.34. The maximum atomic E-state index is 5.67. The zero-order chi connectivity index (χ0) is 17.1. The molecule has 6 nitrogen and oxygen atoms in total. The Hall–Kier alpha value is -2.73. The van der Waals surface area contributed by atoms with Crippen molar-refractivity contribution in [3.63, 3.8) is 0 Å². The summed E-state index contributed by atoms with van der Waals surface area (Å²) in [6.07, 6.45) is 0. The van der Waals surface area contributed by atoms with Crippen molar-refractivity contribution >= 4 is 29.5 Å². The van der Waals surface area contributed by atoms with Crippen molar-refractivity contribution < 1.29 is 0 Å². The van der Waals surface area contributed by atoms with Crippen LogP contribution in [0.2, 0.25) is 0 Å². The quantitative estimate of drug-likeness (QED) is 0.220. The Morgan fingerprint density at radius 2 is 1.27 bits per heavy atom. The molecule has 0 aromatic heterocycles. The standard InChI is InChI=1S/C8H12N2.C7H11N3.CH3N/c1-6-3-4-8(10-2)7(9)5-6;1-5-2-3-7(10-9)6(8)4-5;1-2/h3-5,10H,9H2,1-2H3;2-4,10H,8-9H2,1H3;2H,1H2. The molecule has 0 aliphatic carbocycles. The predicted molar refractivity (Wildman–Crippen MR) is 98.4 cm³/mol. The average molecular weight is 302 g/mol. The number of hydrogen-bond donors (Lipinski definition) is 6. The molecule has 2 aromatic rings. The van der Waals surface area contributed by atoms with Gasteiger partial charge in [-0.2, -0.15) is 0 Å². The molecule has 22 heavy (non-hydrogen) atoms. The molecule has 0 unspecified atom stereocenters. The topological polar surface area (TPSA) is 126 Å². The van der Waals surface area contributed by atoms with E-state index in [0.717, 1.165) is 22.6 Å². The van der Waals surface area contributed by atoms with Crippen LogP contribution in [0.25, 0.3) is 0 Å². The molecule has 0 heterocycles. The molecule has 0 saturated carbocycles. The van der Waals surface area contributed by atoms with Crippen LogP contribution in [0.1, 0.15) is 11.1 Å². The van der Waals surface area contributed by atoms with Crippen molar-refractivity contribution in [3.05, 3.63) is 47.5 Å². The lowest BCUT2D eigenvalue weighted by Crippen LogP contribution is -2.08. The van der Waals surface area contributed by atoms with Crippen LogP contribution in [-0.4, -0.2) is 13.8 Å². The van der Waals surface area contributed by atoms with Crippen molar-refractivity contribution in [2.45, 2.75) is 13.8 Å². The van der Waals surface area contributed by atoms with Gasteiger partial charge in [-0.05, 0) is 56.0 Å². The summed E-state index contributed by atoms with van der Waals surface area (Å²) in [5.74, 6) is 5.17. The summed E-state index contributed by atoms with van der Waals surface area (Å²) in [5.41, 5.74) is 19.3. The van der Waals surface area contributed by atoms with Gasteiger partial charge in [-0.15, -0.1) is 0 Å². The molecule has 2 rings (SSSR count). The monoisotopic (exact) mass is 302 g/mol. The summed E-state index contributed by atoms with van der Waals surface area (Å²) in [6, 6.07) is 11.6. The normalized spacial score (nSPS) is 8.73. The SMILES string of the molecule is C=N.CNc1ccc(C)cc1N.Cc1ccc(NN)c(N)c1. The first-order valence-electron chi connectivity index (χ1n) is 6.70. The Labute approximate surface area is 132 Å². The van der Waals surface area contributed by atoms with Crippen LogP contribution < -0.4 is 28.1 Å². The highest BCUT2D eigenvalue weighted by Gasteiger charge is 1.94. The summed E-state index contributed by atoms with van der Waals surface area (Å²) < 4.78 is 0. The van der Waals surface area contributed by atoms with E-state index in [4.69, 9.17) is 22.7 Å². The Kier molecular flexibility index (Phi) is 8.81. The zero-order valence-corrected chi connectivity index (χ0v) is 13.4. The van der Waals surface area contributed by atoms with Crippen molar-refractivity contribution in [3.8, 4) is 0 Å². The van der Waals surface area contributed by atoms with E-state index in [2.05, 4.69) is 17.5 Å². The third kappa shape index (κ3) is 6.15. The van der Waals surface area contributed by atoms with Crippen LogP contribution in [0.4, 0.5) is 22.7 Å². The summed E-state index contributed by atoms with van der Waals surface area (Å²) in [6.45, 7) is 6.51. The summed E-state index contributed by atoms with van der Waals surface area (Å²) >= 11 is 0. The lowest BCUT2D eigenvalue weighted by Gasteiger charge is -2.03. The number of aryl methyl sites for hydroxylation is 2. The fourth-order valence-corrected chi connectivity index (χ4v) is 1.72. The molecule has 0 fully saturated rings. The highest BCUT2D eigenvalue weighted by molar-refractivity contribution is 5.66. The number of hydrazine groups is 1. The molecule has 0 bridgehead atoms. The van der Waals surface area contributed by atoms with Gasteiger partial charge >= 0.3 is 0 Å². The number of nitrogen functional groups attached to an aromatic ring is 3. The second-order valence-corrected chi connectivity index (χ2v) is 4.58. The van der Waals surface area contributed by atoms with Gasteiger partial charge in [-0.25, -0.2) is 0 Å². The average Bonchev–Trinajstić information content (AvgIpc) is 2.50. The predicted octanol–water partition coefficient (Wildman–Crippen LogP) is 2.75. The van der Waals surface area contributed by atoms with Crippen LogP contribution in [-0.2, 0) is 0 Å². The first kappa shape index (κ1) is 19.3. The first-order valence-corrected chi connectivity index (χ1v) is 6.70. The van der Waals surface area contributed by atoms with Gasteiger partial charge in [0.25, 0.3) is 0 Å². The highest BCUT2D eigenvalue weighted by atomic mass is 15.2. The number of benzene rings is 2. The fraction of sp³-hybridized carbons (Fsp3) is 0.188. The van der Waals surface area contributed by atoms with E-state index >= 15 is 0 Å². The van der Waals surface area contributed by atoms with Crippen LogP contribution in [0, 0.1) is 19.3 Å². The molecular weight excluding hydrogens is 276 g/mol. The van der Waals surface area contributed by atoms with Gasteiger partial charge in [0.2, 0.25) is 0 Å². The number of hydrogen-bond acceptors (Lipinski definition) is 6. The van der Waals surface area contributed by atoms with Gasteiger partial charge in [-0.3, -0.25) is 5.84 Å². The number of rotatable bonds is 2. The van der Waals surface area contributed by atoms with E-state index in [0.29, 0.717) is 5.69 Å². The second kappa shape index (κ2) is 10.1. The molecular formula is C16H26N6. The van der Waals surface area contributed by atoms with Gasteiger partial charge < -0.3 is 27.6 Å². The van der Waals surface area contributed by atoms with Gasteiger partial charge in [0.1, 0.15) is 0 Å². The van der Waals surface area contributed by atoms with Gasteiger partial charge in [0.05, 0.1) is 22.7 Å². The van der Waals surface area contributed by atoms with Crippen molar-refractivity contribution in [1.82, 2.24) is 0 Å². The zero-order valence-electron chi connectivity index (χ0n) is 13.4. The molecule has 0 aliphatic rings. The lowest BCUT2D eigenvalue weighted by atomic mass is 10.2. The van der Waals surface area contributed by atoms with Crippen LogP contribution in [0.3, 0.4) is 0 Å². The Morgan fingerprint density at radius 1 is 0.864 bits per heavy atom. The van der Waals surface area contributed by atoms with Crippen LogP contribution in [0.5, 0.6) is 0 Å². The highest BCUT2D eigenvalue weighted by Crippen LogP contribution is 2.18. The maximum Gasteiger partial charge on any atom is 0.0716 e. The maximum absolute atomic E-state index is 5.67. The summed E-state index contributed by atoms with van der Waals surface area (Å²) in [5, 5.41) is 8.50. The summed E-state index contributed by atoms with van der Waals surface area (Å²) in [4.78, 5) is 0. The van der Waals surface area contributed by atoms with Gasteiger partial charge in [0, 0.05) is 7.05 Å². The van der Waals surface area contributed by atoms with Crippen molar-refractivity contribution in [2.75, 3.05) is 29.3 Å². The third-order valence-corrected chi connectivity index (χ3v) is 2.84. The van der Waals surface area contributed by atoms with Gasteiger partial charge in [-0.1, -0.05) is 12.1 Å². The molecule has 0 aliphatic heterocycles. The molecule has 6 heteroatoms. The molecule has 2 aromatic carbocycles. The molecule has 0 radical (unpaired) electrons. The minimum Gasteiger partial charge on any atom is -0.397 e. The minimum absolute atomic E-state index is 0.683. The van der Waals surface area contributed by atoms with Crippen molar-refractivity contribution in [1.29, 1.82) is 5.41 Å². The largest absolute Gasteiger partial charge is 0.397 e. The number of anilines is 4. The Balaban J connectivity index is 0.000000360. The first-order chi connectivity index (χ1) is 10.5. The van der Waals surface area contributed by atoms with Crippen molar-refractivity contribution in [2.24, 2.45) is 5.84 Å². The molecule has 0 atom stereocenters. The molecule has 9 N–H and O–H groups in total. The van der Waals surface area contributed by atoms with E-state index in [-0.39, 0.29) is 0 Å². The fourth-order valence-electron chi connectivity index (χ4n) is 1.72. The van der Waals surface area contributed by atoms with E-state index in [9.17, 15) is 0 Å². The Bertz CT molecular complexity index is 531.